The third kappa shape index (κ3) is 4.49. The van der Waals surface area contributed by atoms with Crippen LogP contribution in [0.15, 0.2) is 73.1 Å². The fraction of sp³-hybridized carbons (Fsp3) is 0.200. The summed E-state index contributed by atoms with van der Waals surface area (Å²) in [5, 5.41) is 3.71. The molecule has 1 aliphatic rings. The Balaban J connectivity index is 1.40. The summed E-state index contributed by atoms with van der Waals surface area (Å²) in [6.07, 6.45) is 7.47. The van der Waals surface area contributed by atoms with Crippen molar-refractivity contribution in [2.45, 2.75) is 32.2 Å². The molecule has 4 aromatic rings. The van der Waals surface area contributed by atoms with Gasteiger partial charge in [0, 0.05) is 14.9 Å². The second-order valence-corrected chi connectivity index (χ2v) is 9.62. The van der Waals surface area contributed by atoms with Crippen LogP contribution in [0, 0.1) is 0 Å². The Morgan fingerprint density at radius 1 is 1.16 bits per heavy atom. The first kappa shape index (κ1) is 21.0. The van der Waals surface area contributed by atoms with Crippen LogP contribution >= 0.6 is 27.3 Å². The lowest BCUT2D eigenvalue weighted by atomic mass is 9.95. The predicted octanol–water partition coefficient (Wildman–Crippen LogP) is 6.92. The molecule has 3 heterocycles. The van der Waals surface area contributed by atoms with Crippen LogP contribution in [0.5, 0.6) is 0 Å². The second-order valence-electron chi connectivity index (χ2n) is 7.62. The first-order chi connectivity index (χ1) is 15.7. The highest BCUT2D eigenvalue weighted by molar-refractivity contribution is 9.10. The van der Waals surface area contributed by atoms with Gasteiger partial charge >= 0.3 is 0 Å². The molecule has 5 nitrogen and oxygen atoms in total. The minimum absolute atomic E-state index is 0.109. The highest BCUT2D eigenvalue weighted by Crippen LogP contribution is 2.40. The molecule has 32 heavy (non-hydrogen) atoms. The number of furan rings is 2. The average Bonchev–Trinajstić information content (AvgIpc) is 3.55. The van der Waals surface area contributed by atoms with Crippen LogP contribution in [0.25, 0.3) is 11.3 Å². The molecular weight excluding hydrogens is 488 g/mol. The van der Waals surface area contributed by atoms with Crippen molar-refractivity contribution < 1.29 is 13.6 Å². The quantitative estimate of drug-likeness (QED) is 0.287. The predicted molar refractivity (Wildman–Crippen MR) is 130 cm³/mol. The molecule has 1 N–H and O–H groups in total. The summed E-state index contributed by atoms with van der Waals surface area (Å²) in [5.41, 5.74) is 2.81. The topological polar surface area (TPSA) is 67.7 Å². The summed E-state index contributed by atoms with van der Waals surface area (Å²) in [6.45, 7) is 0.355. The third-order valence-corrected chi connectivity index (χ3v) is 7.12. The number of aryl methyl sites for hydroxylation is 1. The van der Waals surface area contributed by atoms with E-state index in [0.29, 0.717) is 17.9 Å². The number of carbonyl (C=O) groups is 1. The number of hydrogen-bond donors (Lipinski definition) is 1. The molecule has 0 unspecified atom stereocenters. The molecule has 0 aliphatic heterocycles. The summed E-state index contributed by atoms with van der Waals surface area (Å²) in [5.74, 6) is 2.04. The normalized spacial score (nSPS) is 13.4. The molecule has 0 saturated heterocycles. The van der Waals surface area contributed by atoms with Crippen molar-refractivity contribution in [3.63, 3.8) is 0 Å². The number of rotatable bonds is 6. The fourth-order valence-corrected chi connectivity index (χ4v) is 5.52. The van der Waals surface area contributed by atoms with Gasteiger partial charge in [-0.2, -0.15) is 0 Å². The Hall–Kier alpha value is -2.90. The number of thiophene rings is 1. The smallest absolute Gasteiger partial charge is 0.255 e. The van der Waals surface area contributed by atoms with E-state index in [2.05, 4.69) is 26.2 Å². The first-order valence-electron chi connectivity index (χ1n) is 10.5. The zero-order valence-corrected chi connectivity index (χ0v) is 19.7. The zero-order valence-electron chi connectivity index (χ0n) is 17.3. The summed E-state index contributed by atoms with van der Waals surface area (Å²) in [7, 11) is 0. The highest BCUT2D eigenvalue weighted by Gasteiger charge is 2.25. The van der Waals surface area contributed by atoms with Gasteiger partial charge in [0.1, 0.15) is 22.3 Å². The van der Waals surface area contributed by atoms with E-state index >= 15 is 0 Å². The maximum absolute atomic E-state index is 13.1. The van der Waals surface area contributed by atoms with Gasteiger partial charge < -0.3 is 14.2 Å². The first-order valence-corrected chi connectivity index (χ1v) is 12.1. The van der Waals surface area contributed by atoms with Crippen molar-refractivity contribution in [1.29, 1.82) is 0 Å². The molecule has 3 aromatic heterocycles. The summed E-state index contributed by atoms with van der Waals surface area (Å²) in [6, 6.07) is 15.4. The van der Waals surface area contributed by atoms with Crippen LogP contribution in [0.3, 0.4) is 0 Å². The van der Waals surface area contributed by atoms with Crippen molar-refractivity contribution >= 4 is 44.4 Å². The van der Waals surface area contributed by atoms with Crippen LogP contribution in [-0.4, -0.2) is 12.1 Å². The van der Waals surface area contributed by atoms with Crippen LogP contribution < -0.4 is 5.32 Å². The van der Waals surface area contributed by atoms with Crippen molar-refractivity contribution in [3.05, 3.63) is 86.8 Å². The largest absolute Gasteiger partial charge is 0.467 e. The molecule has 0 atom stereocenters. The molecule has 7 heteroatoms. The minimum atomic E-state index is -0.109. The van der Waals surface area contributed by atoms with Gasteiger partial charge in [0.15, 0.2) is 0 Å². The number of hydrogen-bond acceptors (Lipinski definition) is 5. The lowest BCUT2D eigenvalue weighted by Gasteiger charge is -2.12. The Morgan fingerprint density at radius 3 is 2.91 bits per heavy atom. The van der Waals surface area contributed by atoms with Gasteiger partial charge in [-0.3, -0.25) is 4.79 Å². The molecule has 0 fully saturated rings. The fourth-order valence-electron chi connectivity index (χ4n) is 3.89. The molecule has 0 spiro atoms. The number of carbonyl (C=O) groups excluding carboxylic acids is 1. The number of benzene rings is 1. The van der Waals surface area contributed by atoms with E-state index in [4.69, 9.17) is 8.83 Å². The number of nitrogens with zero attached hydrogens (tertiary/aromatic N) is 1. The lowest BCUT2D eigenvalue weighted by Crippen LogP contribution is -2.23. The van der Waals surface area contributed by atoms with E-state index in [9.17, 15) is 4.79 Å². The van der Waals surface area contributed by atoms with Crippen LogP contribution in [0.2, 0.25) is 0 Å². The Morgan fingerprint density at radius 2 is 2.06 bits per heavy atom. The summed E-state index contributed by atoms with van der Waals surface area (Å²) >= 11 is 5.10. The van der Waals surface area contributed by atoms with Gasteiger partial charge in [0.2, 0.25) is 0 Å². The molecule has 1 amide bonds. The van der Waals surface area contributed by atoms with Crippen LogP contribution in [0.1, 0.15) is 45.2 Å². The van der Waals surface area contributed by atoms with E-state index in [1.807, 2.05) is 48.5 Å². The molecule has 0 bridgehead atoms. The summed E-state index contributed by atoms with van der Waals surface area (Å²) < 4.78 is 12.3. The molecule has 5 rings (SSSR count). The molecular formula is C25H21BrN2O3S. The van der Waals surface area contributed by atoms with E-state index < -0.39 is 0 Å². The Labute approximate surface area is 198 Å². The van der Waals surface area contributed by atoms with E-state index in [-0.39, 0.29) is 5.91 Å². The summed E-state index contributed by atoms with van der Waals surface area (Å²) in [4.78, 5) is 19.0. The second kappa shape index (κ2) is 9.30. The molecule has 1 aliphatic carbocycles. The number of nitrogens with one attached hydrogen (secondary N) is 1. The van der Waals surface area contributed by atoms with Crippen LogP contribution in [-0.2, 0) is 19.4 Å². The van der Waals surface area contributed by atoms with Crippen molar-refractivity contribution in [2.24, 2.45) is 4.99 Å². The third-order valence-electron chi connectivity index (χ3n) is 5.43. The minimum Gasteiger partial charge on any atom is -0.467 e. The maximum Gasteiger partial charge on any atom is 0.255 e. The molecule has 0 radical (unpaired) electrons. The Kier molecular flexibility index (Phi) is 6.10. The molecule has 0 saturated carbocycles. The van der Waals surface area contributed by atoms with E-state index in [0.717, 1.165) is 57.8 Å². The van der Waals surface area contributed by atoms with E-state index in [1.165, 1.54) is 4.88 Å². The standard InChI is InChI=1S/C25H21BrN2O3S/c26-17-6-3-5-16(13-17)21-11-10-19(31-21)15-28-25-23(20-8-1-2-9-22(20)32-25)24(29)27-14-18-7-4-12-30-18/h3-7,10-13,15H,1-2,8-9,14H2,(H,27,29). The van der Waals surface area contributed by atoms with Crippen LogP contribution in [0.4, 0.5) is 5.00 Å². The van der Waals surface area contributed by atoms with Gasteiger partial charge in [-0.15, -0.1) is 11.3 Å². The Bertz CT molecular complexity index is 1270. The number of fused-ring (bicyclic) bond motifs is 1. The highest BCUT2D eigenvalue weighted by atomic mass is 79.9. The van der Waals surface area contributed by atoms with Gasteiger partial charge in [-0.1, -0.05) is 28.1 Å². The molecule has 162 valence electrons. The number of aliphatic imine (C=N–C) groups is 1. The van der Waals surface area contributed by atoms with Crippen molar-refractivity contribution in [2.75, 3.05) is 0 Å². The van der Waals surface area contributed by atoms with Gasteiger partial charge in [0.25, 0.3) is 5.91 Å². The van der Waals surface area contributed by atoms with Gasteiger partial charge in [0.05, 0.1) is 24.6 Å². The van der Waals surface area contributed by atoms with Crippen molar-refractivity contribution in [3.8, 4) is 11.3 Å². The lowest BCUT2D eigenvalue weighted by molar-refractivity contribution is 0.0948. The number of halogens is 1. The van der Waals surface area contributed by atoms with E-state index in [1.54, 1.807) is 23.8 Å². The van der Waals surface area contributed by atoms with Gasteiger partial charge in [-0.05, 0) is 67.6 Å². The number of amides is 1. The molecule has 1 aromatic carbocycles. The average molecular weight is 509 g/mol. The monoisotopic (exact) mass is 508 g/mol. The van der Waals surface area contributed by atoms with Gasteiger partial charge in [-0.25, -0.2) is 4.99 Å². The zero-order chi connectivity index (χ0) is 21.9. The maximum atomic E-state index is 13.1. The van der Waals surface area contributed by atoms with Crippen molar-refractivity contribution in [1.82, 2.24) is 5.32 Å². The SMILES string of the molecule is O=C(NCc1ccco1)c1c(N=Cc2ccc(-c3cccc(Br)c3)o2)sc2c1CCCC2.